The Bertz CT molecular complexity index is 413. The van der Waals surface area contributed by atoms with Gasteiger partial charge < -0.3 is 14.9 Å². The first-order chi connectivity index (χ1) is 8.58. The van der Waals surface area contributed by atoms with Gasteiger partial charge >= 0.3 is 5.69 Å². The van der Waals surface area contributed by atoms with Crippen molar-refractivity contribution in [2.75, 3.05) is 18.6 Å². The van der Waals surface area contributed by atoms with E-state index in [9.17, 15) is 10.1 Å². The molecule has 0 radical (unpaired) electrons. The highest BCUT2D eigenvalue weighted by molar-refractivity contribution is 5.48. The number of anilines is 1. The minimum Gasteiger partial charge on any atom is -0.467 e. The summed E-state index contributed by atoms with van der Waals surface area (Å²) in [4.78, 5) is 14.2. The molecule has 0 fully saturated rings. The van der Waals surface area contributed by atoms with Crippen molar-refractivity contribution in [1.29, 1.82) is 0 Å². The average Bonchev–Trinajstić information content (AvgIpc) is 2.35. The summed E-state index contributed by atoms with van der Waals surface area (Å²) in [6.07, 6.45) is -0.343. The Labute approximate surface area is 104 Å². The summed E-state index contributed by atoms with van der Waals surface area (Å²) in [5.41, 5.74) is 2.09. The van der Waals surface area contributed by atoms with Gasteiger partial charge in [-0.1, -0.05) is 0 Å². The first-order valence-electron chi connectivity index (χ1n) is 5.45. The number of nitro groups is 1. The largest absolute Gasteiger partial charge is 0.467 e. The van der Waals surface area contributed by atoms with E-state index in [0.29, 0.717) is 19.0 Å². The normalized spacial score (nSPS) is 11.9. The van der Waals surface area contributed by atoms with Crippen molar-refractivity contribution in [3.63, 3.8) is 0 Å². The zero-order valence-electron chi connectivity index (χ0n) is 10.3. The van der Waals surface area contributed by atoms with Gasteiger partial charge in [0.1, 0.15) is 11.9 Å². The number of pyridine rings is 1. The maximum Gasteiger partial charge on any atom is 0.331 e. The fourth-order valence-corrected chi connectivity index (χ4v) is 1.25. The molecule has 3 N–H and O–H groups in total. The van der Waals surface area contributed by atoms with Crippen LogP contribution in [0.2, 0.25) is 0 Å². The van der Waals surface area contributed by atoms with Gasteiger partial charge in [0, 0.05) is 12.7 Å². The highest BCUT2D eigenvalue weighted by atomic mass is 16.6. The molecular formula is C10H16N4O4. The molecule has 0 aliphatic carbocycles. The van der Waals surface area contributed by atoms with E-state index in [4.69, 9.17) is 15.3 Å². The van der Waals surface area contributed by atoms with Crippen LogP contribution in [-0.4, -0.2) is 29.2 Å². The standard InChI is InChI=1S/C10H16N4O4/c1-3-17-6-7(2)18-10-8(14(15)16)4-5-9(12-10)13-11/h4-5,7H,3,6,11H2,1-2H3,(H,12,13). The monoisotopic (exact) mass is 256 g/mol. The third-order valence-electron chi connectivity index (χ3n) is 2.05. The van der Waals surface area contributed by atoms with Crippen LogP contribution >= 0.6 is 0 Å². The molecule has 8 nitrogen and oxygen atoms in total. The zero-order valence-corrected chi connectivity index (χ0v) is 10.3. The van der Waals surface area contributed by atoms with Gasteiger partial charge in [0.15, 0.2) is 0 Å². The van der Waals surface area contributed by atoms with Crippen molar-refractivity contribution in [2.24, 2.45) is 5.84 Å². The van der Waals surface area contributed by atoms with Crippen LogP contribution in [0, 0.1) is 10.1 Å². The van der Waals surface area contributed by atoms with E-state index < -0.39 is 4.92 Å². The SMILES string of the molecule is CCOCC(C)Oc1nc(NN)ccc1[N+](=O)[O-]. The van der Waals surface area contributed by atoms with Gasteiger partial charge in [0.25, 0.3) is 5.88 Å². The molecule has 1 aromatic rings. The molecule has 0 spiro atoms. The average molecular weight is 256 g/mol. The molecule has 1 aromatic heterocycles. The topological polar surface area (TPSA) is 113 Å². The Hall–Kier alpha value is -1.93. The predicted molar refractivity (Wildman–Crippen MR) is 65.3 cm³/mol. The summed E-state index contributed by atoms with van der Waals surface area (Å²) in [7, 11) is 0. The molecule has 8 heteroatoms. The first kappa shape index (κ1) is 14.1. The predicted octanol–water partition coefficient (Wildman–Crippen LogP) is 1.08. The summed E-state index contributed by atoms with van der Waals surface area (Å²) in [5.74, 6) is 5.40. The maximum atomic E-state index is 10.8. The molecule has 1 unspecified atom stereocenters. The molecule has 0 bridgehead atoms. The van der Waals surface area contributed by atoms with Crippen LogP contribution < -0.4 is 16.0 Å². The van der Waals surface area contributed by atoms with E-state index in [1.807, 2.05) is 6.92 Å². The fourth-order valence-electron chi connectivity index (χ4n) is 1.25. The Kier molecular flexibility index (Phi) is 5.28. The second kappa shape index (κ2) is 6.72. The Morgan fingerprint density at radius 2 is 2.33 bits per heavy atom. The van der Waals surface area contributed by atoms with E-state index >= 15 is 0 Å². The molecular weight excluding hydrogens is 240 g/mol. The van der Waals surface area contributed by atoms with E-state index in [-0.39, 0.29) is 17.7 Å². The third-order valence-corrected chi connectivity index (χ3v) is 2.05. The van der Waals surface area contributed by atoms with E-state index in [1.165, 1.54) is 12.1 Å². The van der Waals surface area contributed by atoms with Crippen molar-refractivity contribution >= 4 is 11.5 Å². The molecule has 0 aliphatic heterocycles. The number of hydrogen-bond acceptors (Lipinski definition) is 7. The van der Waals surface area contributed by atoms with Crippen LogP contribution in [0.4, 0.5) is 11.5 Å². The Morgan fingerprint density at radius 1 is 1.61 bits per heavy atom. The lowest BCUT2D eigenvalue weighted by molar-refractivity contribution is -0.386. The smallest absolute Gasteiger partial charge is 0.331 e. The van der Waals surface area contributed by atoms with Crippen LogP contribution in [-0.2, 0) is 4.74 Å². The van der Waals surface area contributed by atoms with Gasteiger partial charge in [-0.15, -0.1) is 0 Å². The Morgan fingerprint density at radius 3 is 2.89 bits per heavy atom. The van der Waals surface area contributed by atoms with Gasteiger partial charge in [-0.25, -0.2) is 5.84 Å². The van der Waals surface area contributed by atoms with Gasteiger partial charge in [-0.3, -0.25) is 10.1 Å². The minimum absolute atomic E-state index is 0.0809. The molecule has 0 saturated heterocycles. The highest BCUT2D eigenvalue weighted by Gasteiger charge is 2.19. The first-order valence-corrected chi connectivity index (χ1v) is 5.45. The van der Waals surface area contributed by atoms with Gasteiger partial charge in [0.05, 0.1) is 11.5 Å². The Balaban J connectivity index is 2.86. The lowest BCUT2D eigenvalue weighted by Crippen LogP contribution is -2.20. The summed E-state index contributed by atoms with van der Waals surface area (Å²) in [6.45, 7) is 4.47. The summed E-state index contributed by atoms with van der Waals surface area (Å²) in [5, 5.41) is 10.8. The number of nitrogens with zero attached hydrogens (tertiary/aromatic N) is 2. The van der Waals surface area contributed by atoms with Crippen molar-refractivity contribution in [1.82, 2.24) is 4.98 Å². The molecule has 1 atom stereocenters. The molecule has 100 valence electrons. The summed E-state index contributed by atoms with van der Waals surface area (Å²) < 4.78 is 10.5. The van der Waals surface area contributed by atoms with Crippen LogP contribution in [0.1, 0.15) is 13.8 Å². The van der Waals surface area contributed by atoms with E-state index in [2.05, 4.69) is 10.4 Å². The van der Waals surface area contributed by atoms with Crippen LogP contribution in [0.25, 0.3) is 0 Å². The third kappa shape index (κ3) is 3.82. The number of ether oxygens (including phenoxy) is 2. The highest BCUT2D eigenvalue weighted by Crippen LogP contribution is 2.26. The van der Waals surface area contributed by atoms with E-state index in [1.54, 1.807) is 6.92 Å². The van der Waals surface area contributed by atoms with Crippen molar-refractivity contribution in [3.05, 3.63) is 22.2 Å². The quantitative estimate of drug-likeness (QED) is 0.426. The zero-order chi connectivity index (χ0) is 13.5. The molecule has 18 heavy (non-hydrogen) atoms. The van der Waals surface area contributed by atoms with Crippen molar-refractivity contribution in [2.45, 2.75) is 20.0 Å². The summed E-state index contributed by atoms with van der Waals surface area (Å²) in [6, 6.07) is 2.68. The number of hydrogen-bond donors (Lipinski definition) is 2. The second-order valence-corrected chi connectivity index (χ2v) is 3.51. The second-order valence-electron chi connectivity index (χ2n) is 3.51. The van der Waals surface area contributed by atoms with Crippen LogP contribution in [0.3, 0.4) is 0 Å². The van der Waals surface area contributed by atoms with Gasteiger partial charge in [0.2, 0.25) is 0 Å². The molecule has 1 heterocycles. The van der Waals surface area contributed by atoms with E-state index in [0.717, 1.165) is 0 Å². The number of nitrogens with two attached hydrogens (primary N) is 1. The number of nitrogen functional groups attached to an aromatic ring is 1. The molecule has 0 aromatic carbocycles. The fraction of sp³-hybridized carbons (Fsp3) is 0.500. The van der Waals surface area contributed by atoms with Crippen LogP contribution in [0.5, 0.6) is 5.88 Å². The maximum absolute atomic E-state index is 10.8. The van der Waals surface area contributed by atoms with Crippen molar-refractivity contribution in [3.8, 4) is 5.88 Å². The number of aromatic nitrogens is 1. The lowest BCUT2D eigenvalue weighted by Gasteiger charge is -2.14. The number of rotatable bonds is 7. The molecule has 0 aliphatic rings. The van der Waals surface area contributed by atoms with Gasteiger partial charge in [-0.2, -0.15) is 4.98 Å². The molecule has 1 rings (SSSR count). The van der Waals surface area contributed by atoms with Crippen molar-refractivity contribution < 1.29 is 14.4 Å². The molecule has 0 amide bonds. The summed E-state index contributed by atoms with van der Waals surface area (Å²) >= 11 is 0. The number of hydrazine groups is 1. The molecule has 0 saturated carbocycles. The lowest BCUT2D eigenvalue weighted by atomic mass is 10.4. The number of nitrogens with one attached hydrogen (secondary N) is 1. The van der Waals surface area contributed by atoms with Gasteiger partial charge in [-0.05, 0) is 19.9 Å². The minimum atomic E-state index is -0.559. The van der Waals surface area contributed by atoms with Crippen LogP contribution in [0.15, 0.2) is 12.1 Å².